The molecule has 2 fully saturated rings. The summed E-state index contributed by atoms with van der Waals surface area (Å²) < 4.78 is 55.4. The fourth-order valence-corrected chi connectivity index (χ4v) is 4.31. The number of hydrogen-bond donors (Lipinski definition) is 2. The first-order chi connectivity index (χ1) is 12.7. The second-order valence-corrected chi connectivity index (χ2v) is 8.38. The Bertz CT molecular complexity index is 767. The van der Waals surface area contributed by atoms with Crippen LogP contribution in [0.5, 0.6) is 0 Å². The number of alkyl halides is 3. The minimum atomic E-state index is -4.20. The van der Waals surface area contributed by atoms with Gasteiger partial charge in [0.2, 0.25) is 0 Å². The average molecular weight is 399 g/mol. The van der Waals surface area contributed by atoms with Crippen molar-refractivity contribution in [1.29, 1.82) is 5.26 Å². The maximum absolute atomic E-state index is 13.8. The molecule has 0 amide bonds. The molecule has 0 heterocycles. The maximum Gasteiger partial charge on any atom is 0.392 e. The van der Waals surface area contributed by atoms with Gasteiger partial charge in [-0.25, -0.2) is 4.39 Å². The van der Waals surface area contributed by atoms with E-state index in [1.54, 1.807) is 13.0 Å². The first-order valence-electron chi connectivity index (χ1n) is 8.86. The Labute approximate surface area is 160 Å². The zero-order valence-electron chi connectivity index (χ0n) is 14.9. The van der Waals surface area contributed by atoms with Gasteiger partial charge in [0, 0.05) is 17.3 Å². The van der Waals surface area contributed by atoms with Crippen molar-refractivity contribution in [2.75, 3.05) is 4.72 Å². The van der Waals surface area contributed by atoms with E-state index in [9.17, 15) is 17.6 Å². The van der Waals surface area contributed by atoms with Crippen molar-refractivity contribution in [2.24, 2.45) is 11.8 Å². The molecule has 0 bridgehead atoms. The second-order valence-electron chi connectivity index (χ2n) is 7.19. The summed E-state index contributed by atoms with van der Waals surface area (Å²) in [7, 11) is 0. The van der Waals surface area contributed by atoms with Gasteiger partial charge in [0.05, 0.1) is 17.7 Å². The van der Waals surface area contributed by atoms with Gasteiger partial charge >= 0.3 is 6.18 Å². The molecule has 0 spiro atoms. The summed E-state index contributed by atoms with van der Waals surface area (Å²) in [6, 6.07) is 6.05. The third-order valence-corrected chi connectivity index (χ3v) is 6.58. The van der Waals surface area contributed by atoms with Crippen molar-refractivity contribution in [3.63, 3.8) is 0 Å². The number of nitrogens with zero attached hydrogens (tertiary/aromatic N) is 1. The normalized spacial score (nSPS) is 25.9. The van der Waals surface area contributed by atoms with E-state index in [1.807, 2.05) is 0 Å². The third kappa shape index (κ3) is 4.18. The molecule has 0 aromatic heterocycles. The standard InChI is InChI=1S/C19H21F4N3S/c1-3-13-15(19(21,22)23)9-17(13)25-11(2)14-8-12(20)4-5-16(14)26-27-18(10-24)6-7-18/h4-5,8,13,15,17,25-26H,2-3,6-7,9H2,1H3. The molecule has 1 aromatic rings. The van der Waals surface area contributed by atoms with E-state index in [4.69, 9.17) is 5.26 Å². The maximum atomic E-state index is 13.8. The third-order valence-electron chi connectivity index (χ3n) is 5.36. The highest BCUT2D eigenvalue weighted by atomic mass is 32.2. The average Bonchev–Trinajstić information content (AvgIpc) is 3.36. The Balaban J connectivity index is 1.69. The number of anilines is 1. The molecule has 0 aliphatic heterocycles. The van der Waals surface area contributed by atoms with Crippen molar-refractivity contribution < 1.29 is 17.6 Å². The molecule has 0 saturated heterocycles. The van der Waals surface area contributed by atoms with E-state index in [1.165, 1.54) is 24.1 Å². The minimum absolute atomic E-state index is 0.00853. The van der Waals surface area contributed by atoms with Crippen LogP contribution in [0.25, 0.3) is 5.70 Å². The lowest BCUT2D eigenvalue weighted by atomic mass is 9.67. The second kappa shape index (κ2) is 7.27. The molecule has 3 nitrogen and oxygen atoms in total. The molecule has 2 N–H and O–H groups in total. The summed E-state index contributed by atoms with van der Waals surface area (Å²) in [6.07, 6.45) is -2.22. The molecular formula is C19H21F4N3S. The van der Waals surface area contributed by atoms with Crippen molar-refractivity contribution in [3.05, 3.63) is 36.2 Å². The van der Waals surface area contributed by atoms with Gasteiger partial charge in [-0.15, -0.1) is 0 Å². The summed E-state index contributed by atoms with van der Waals surface area (Å²) in [5.74, 6) is -2.29. The molecule has 2 saturated carbocycles. The van der Waals surface area contributed by atoms with E-state index < -0.39 is 28.6 Å². The highest BCUT2D eigenvalue weighted by Gasteiger charge is 2.54. The van der Waals surface area contributed by atoms with Gasteiger partial charge in [-0.3, -0.25) is 0 Å². The first-order valence-corrected chi connectivity index (χ1v) is 9.68. The zero-order valence-corrected chi connectivity index (χ0v) is 15.7. The molecule has 3 unspecified atom stereocenters. The molecule has 146 valence electrons. The van der Waals surface area contributed by atoms with Crippen LogP contribution in [-0.2, 0) is 0 Å². The predicted octanol–water partition coefficient (Wildman–Crippen LogP) is 5.48. The summed E-state index contributed by atoms with van der Waals surface area (Å²) in [4.78, 5) is 0. The zero-order chi connectivity index (χ0) is 19.8. The van der Waals surface area contributed by atoms with Gasteiger partial charge in [0.25, 0.3) is 0 Å². The van der Waals surface area contributed by atoms with Crippen LogP contribution in [0.3, 0.4) is 0 Å². The number of halogens is 4. The van der Waals surface area contributed by atoms with Gasteiger partial charge in [-0.2, -0.15) is 18.4 Å². The van der Waals surface area contributed by atoms with Crippen LogP contribution >= 0.6 is 11.9 Å². The molecular weight excluding hydrogens is 378 g/mol. The Hall–Kier alpha value is -1.88. The minimum Gasteiger partial charge on any atom is -0.382 e. The lowest BCUT2D eigenvalue weighted by molar-refractivity contribution is -0.219. The Kier molecular flexibility index (Phi) is 5.35. The van der Waals surface area contributed by atoms with Crippen molar-refractivity contribution in [2.45, 2.75) is 49.6 Å². The van der Waals surface area contributed by atoms with Crippen LogP contribution in [0.4, 0.5) is 23.2 Å². The number of nitrogens with one attached hydrogen (secondary N) is 2. The molecule has 2 aliphatic rings. The van der Waals surface area contributed by atoms with Crippen molar-refractivity contribution in [1.82, 2.24) is 5.32 Å². The van der Waals surface area contributed by atoms with Crippen LogP contribution in [-0.4, -0.2) is 17.0 Å². The molecule has 27 heavy (non-hydrogen) atoms. The lowest BCUT2D eigenvalue weighted by Gasteiger charge is -2.46. The predicted molar refractivity (Wildman–Crippen MR) is 99.1 cm³/mol. The molecule has 1 aromatic carbocycles. The molecule has 2 aliphatic carbocycles. The van der Waals surface area contributed by atoms with Crippen LogP contribution in [0, 0.1) is 29.0 Å². The number of hydrogen-bond acceptors (Lipinski definition) is 4. The SMILES string of the molecule is C=C(NC1CC(C(F)(F)F)C1CC)c1cc(F)ccc1NSC1(C#N)CC1. The topological polar surface area (TPSA) is 47.8 Å². The van der Waals surface area contributed by atoms with Crippen LogP contribution in [0.15, 0.2) is 24.8 Å². The van der Waals surface area contributed by atoms with Gasteiger partial charge < -0.3 is 10.0 Å². The summed E-state index contributed by atoms with van der Waals surface area (Å²) >= 11 is 1.28. The van der Waals surface area contributed by atoms with Gasteiger partial charge in [-0.1, -0.05) is 19.9 Å². The highest BCUT2D eigenvalue weighted by Crippen LogP contribution is 2.49. The largest absolute Gasteiger partial charge is 0.392 e. The Morgan fingerprint density at radius 3 is 2.67 bits per heavy atom. The highest BCUT2D eigenvalue weighted by molar-refractivity contribution is 8.02. The van der Waals surface area contributed by atoms with Gasteiger partial charge in [0.15, 0.2) is 0 Å². The van der Waals surface area contributed by atoms with E-state index in [-0.39, 0.29) is 12.5 Å². The Morgan fingerprint density at radius 1 is 1.41 bits per heavy atom. The Morgan fingerprint density at radius 2 is 2.11 bits per heavy atom. The van der Waals surface area contributed by atoms with E-state index in [0.29, 0.717) is 23.4 Å². The van der Waals surface area contributed by atoms with Crippen molar-refractivity contribution in [3.8, 4) is 6.07 Å². The molecule has 8 heteroatoms. The smallest absolute Gasteiger partial charge is 0.382 e. The van der Waals surface area contributed by atoms with Crippen LogP contribution in [0.2, 0.25) is 0 Å². The molecule has 3 rings (SSSR count). The monoisotopic (exact) mass is 399 g/mol. The summed E-state index contributed by atoms with van der Waals surface area (Å²) in [6.45, 7) is 5.65. The van der Waals surface area contributed by atoms with E-state index >= 15 is 0 Å². The summed E-state index contributed by atoms with van der Waals surface area (Å²) in [5, 5.41) is 12.2. The van der Waals surface area contributed by atoms with E-state index in [2.05, 4.69) is 22.7 Å². The van der Waals surface area contributed by atoms with Crippen molar-refractivity contribution >= 4 is 23.3 Å². The lowest BCUT2D eigenvalue weighted by Crippen LogP contribution is -2.54. The number of nitriles is 1. The molecule has 0 radical (unpaired) electrons. The van der Waals surface area contributed by atoms with Gasteiger partial charge in [-0.05, 0) is 55.3 Å². The van der Waals surface area contributed by atoms with Gasteiger partial charge in [0.1, 0.15) is 10.6 Å². The van der Waals surface area contributed by atoms with Crippen LogP contribution in [0.1, 0.15) is 38.2 Å². The first kappa shape index (κ1) is 19.9. The fourth-order valence-electron chi connectivity index (χ4n) is 3.48. The molecule has 3 atom stereocenters. The van der Waals surface area contributed by atoms with E-state index in [0.717, 1.165) is 12.8 Å². The summed E-state index contributed by atoms with van der Waals surface area (Å²) in [5.41, 5.74) is 1.42. The quantitative estimate of drug-likeness (QED) is 0.471. The van der Waals surface area contributed by atoms with Crippen LogP contribution < -0.4 is 10.0 Å². The number of rotatable bonds is 7. The fraction of sp³-hybridized carbons (Fsp3) is 0.526. The number of benzene rings is 1.